The number of hydrogen-bond acceptors (Lipinski definition) is 2. The second-order valence-corrected chi connectivity index (χ2v) is 5.88. The van der Waals surface area contributed by atoms with Gasteiger partial charge in [0.25, 0.3) is 0 Å². The van der Waals surface area contributed by atoms with E-state index in [9.17, 15) is 4.79 Å². The standard InChI is InChI=1S/C13H22BrNO2/c1-2-11-10(5-8-17-11)12(16)15-13(9-14)6-3-4-7-13/h10-11H,2-9H2,1H3,(H,15,16). The molecule has 0 spiro atoms. The molecule has 4 heteroatoms. The predicted molar refractivity (Wildman–Crippen MR) is 71.3 cm³/mol. The first-order chi connectivity index (χ1) is 8.21. The smallest absolute Gasteiger partial charge is 0.226 e. The lowest BCUT2D eigenvalue weighted by Gasteiger charge is -2.30. The molecule has 1 N–H and O–H groups in total. The molecule has 2 rings (SSSR count). The van der Waals surface area contributed by atoms with E-state index >= 15 is 0 Å². The van der Waals surface area contributed by atoms with Gasteiger partial charge in [-0.2, -0.15) is 0 Å². The van der Waals surface area contributed by atoms with Crippen LogP contribution in [0.3, 0.4) is 0 Å². The quantitative estimate of drug-likeness (QED) is 0.811. The number of carbonyl (C=O) groups excluding carboxylic acids is 1. The zero-order valence-electron chi connectivity index (χ0n) is 10.5. The highest BCUT2D eigenvalue weighted by molar-refractivity contribution is 9.09. The van der Waals surface area contributed by atoms with Gasteiger partial charge in [-0.25, -0.2) is 0 Å². The minimum atomic E-state index is 0.0119. The first-order valence-electron chi connectivity index (χ1n) is 6.70. The van der Waals surface area contributed by atoms with Crippen molar-refractivity contribution in [3.05, 3.63) is 0 Å². The van der Waals surface area contributed by atoms with Crippen molar-refractivity contribution in [1.29, 1.82) is 0 Å². The zero-order valence-corrected chi connectivity index (χ0v) is 12.1. The molecule has 0 aromatic heterocycles. The Kier molecular flexibility index (Phi) is 4.47. The highest BCUT2D eigenvalue weighted by Crippen LogP contribution is 2.32. The highest BCUT2D eigenvalue weighted by Gasteiger charge is 2.39. The van der Waals surface area contributed by atoms with Gasteiger partial charge in [-0.05, 0) is 25.7 Å². The minimum absolute atomic E-state index is 0.0119. The Labute approximate surface area is 112 Å². The van der Waals surface area contributed by atoms with E-state index in [1.54, 1.807) is 0 Å². The van der Waals surface area contributed by atoms with Crippen LogP contribution in [-0.4, -0.2) is 29.5 Å². The molecule has 2 unspecified atom stereocenters. The van der Waals surface area contributed by atoms with Crippen LogP contribution in [0.2, 0.25) is 0 Å². The van der Waals surface area contributed by atoms with Gasteiger partial charge in [-0.15, -0.1) is 0 Å². The number of alkyl halides is 1. The van der Waals surface area contributed by atoms with E-state index in [0.717, 1.165) is 37.6 Å². The maximum Gasteiger partial charge on any atom is 0.226 e. The van der Waals surface area contributed by atoms with Crippen LogP contribution in [0.25, 0.3) is 0 Å². The summed E-state index contributed by atoms with van der Waals surface area (Å²) in [7, 11) is 0. The van der Waals surface area contributed by atoms with Crippen molar-refractivity contribution in [2.75, 3.05) is 11.9 Å². The molecule has 98 valence electrons. The van der Waals surface area contributed by atoms with E-state index in [1.165, 1.54) is 12.8 Å². The number of nitrogens with one attached hydrogen (secondary N) is 1. The van der Waals surface area contributed by atoms with E-state index in [-0.39, 0.29) is 23.5 Å². The van der Waals surface area contributed by atoms with Crippen LogP contribution in [0.4, 0.5) is 0 Å². The third-order valence-electron chi connectivity index (χ3n) is 4.15. The normalized spacial score (nSPS) is 31.6. The first-order valence-corrected chi connectivity index (χ1v) is 7.82. The Morgan fingerprint density at radius 2 is 2.18 bits per heavy atom. The van der Waals surface area contributed by atoms with Crippen LogP contribution in [0.15, 0.2) is 0 Å². The predicted octanol–water partition coefficient (Wildman–Crippen LogP) is 2.63. The Hall–Kier alpha value is -0.0900. The summed E-state index contributed by atoms with van der Waals surface area (Å²) in [5.41, 5.74) is 0.0119. The lowest BCUT2D eigenvalue weighted by Crippen LogP contribution is -2.51. The van der Waals surface area contributed by atoms with Crippen molar-refractivity contribution in [2.24, 2.45) is 5.92 Å². The largest absolute Gasteiger partial charge is 0.377 e. The molecule has 2 fully saturated rings. The summed E-state index contributed by atoms with van der Waals surface area (Å²) in [6.07, 6.45) is 6.60. The molecule has 0 radical (unpaired) electrons. The maximum absolute atomic E-state index is 12.3. The molecule has 0 aromatic carbocycles. The average Bonchev–Trinajstić information content (AvgIpc) is 2.97. The SMILES string of the molecule is CCC1OCCC1C(=O)NC1(CBr)CCCC1. The summed E-state index contributed by atoms with van der Waals surface area (Å²) in [5, 5.41) is 4.15. The molecule has 2 aliphatic rings. The number of hydrogen-bond donors (Lipinski definition) is 1. The second-order valence-electron chi connectivity index (χ2n) is 5.32. The van der Waals surface area contributed by atoms with Gasteiger partial charge in [-0.3, -0.25) is 4.79 Å². The maximum atomic E-state index is 12.3. The summed E-state index contributed by atoms with van der Waals surface area (Å²) in [6.45, 7) is 2.82. The third-order valence-corrected chi connectivity index (χ3v) is 5.23. The molecule has 2 atom stereocenters. The Balaban J connectivity index is 1.95. The first kappa shape index (κ1) is 13.3. The van der Waals surface area contributed by atoms with Crippen molar-refractivity contribution >= 4 is 21.8 Å². The molecule has 1 saturated heterocycles. The summed E-state index contributed by atoms with van der Waals surface area (Å²) >= 11 is 3.56. The number of ether oxygens (including phenoxy) is 1. The summed E-state index contributed by atoms with van der Waals surface area (Å²) in [4.78, 5) is 12.3. The number of carbonyl (C=O) groups is 1. The van der Waals surface area contributed by atoms with Crippen LogP contribution in [0.1, 0.15) is 45.4 Å². The highest BCUT2D eigenvalue weighted by atomic mass is 79.9. The fourth-order valence-corrected chi connectivity index (χ4v) is 3.75. The minimum Gasteiger partial charge on any atom is -0.377 e. The van der Waals surface area contributed by atoms with Crippen LogP contribution in [-0.2, 0) is 9.53 Å². The number of rotatable bonds is 4. The average molecular weight is 304 g/mol. The van der Waals surface area contributed by atoms with E-state index in [0.29, 0.717) is 0 Å². The van der Waals surface area contributed by atoms with Gasteiger partial charge in [0.05, 0.1) is 12.0 Å². The van der Waals surface area contributed by atoms with Gasteiger partial charge in [0, 0.05) is 17.5 Å². The van der Waals surface area contributed by atoms with E-state index in [4.69, 9.17) is 4.74 Å². The number of amides is 1. The molecule has 1 aliphatic heterocycles. The summed E-state index contributed by atoms with van der Waals surface area (Å²) in [5.74, 6) is 0.271. The molecule has 0 bridgehead atoms. The van der Waals surface area contributed by atoms with Gasteiger partial charge >= 0.3 is 0 Å². The molecule has 1 amide bonds. The van der Waals surface area contributed by atoms with Gasteiger partial charge < -0.3 is 10.1 Å². The lowest BCUT2D eigenvalue weighted by molar-refractivity contribution is -0.128. The second kappa shape index (κ2) is 5.70. The van der Waals surface area contributed by atoms with Crippen molar-refractivity contribution in [3.63, 3.8) is 0 Å². The fourth-order valence-electron chi connectivity index (χ4n) is 3.05. The van der Waals surface area contributed by atoms with Gasteiger partial charge in [0.1, 0.15) is 0 Å². The molecule has 1 heterocycles. The van der Waals surface area contributed by atoms with Crippen molar-refractivity contribution < 1.29 is 9.53 Å². The zero-order chi connectivity index (χ0) is 12.3. The Morgan fingerprint density at radius 1 is 1.47 bits per heavy atom. The molecule has 1 aliphatic carbocycles. The van der Waals surface area contributed by atoms with Crippen LogP contribution >= 0.6 is 15.9 Å². The van der Waals surface area contributed by atoms with E-state index < -0.39 is 0 Å². The van der Waals surface area contributed by atoms with E-state index in [2.05, 4.69) is 28.2 Å². The molecule has 17 heavy (non-hydrogen) atoms. The van der Waals surface area contributed by atoms with Gasteiger partial charge in [-0.1, -0.05) is 35.7 Å². The fraction of sp³-hybridized carbons (Fsp3) is 0.923. The van der Waals surface area contributed by atoms with Crippen LogP contribution in [0.5, 0.6) is 0 Å². The molecule has 0 aromatic rings. The summed E-state index contributed by atoms with van der Waals surface area (Å²) < 4.78 is 5.59. The molecular weight excluding hydrogens is 282 g/mol. The van der Waals surface area contributed by atoms with Gasteiger partial charge in [0.2, 0.25) is 5.91 Å². The molecule has 3 nitrogen and oxygen atoms in total. The Bertz CT molecular complexity index is 277. The van der Waals surface area contributed by atoms with Crippen LogP contribution in [0, 0.1) is 5.92 Å². The number of halogens is 1. The molecular formula is C13H22BrNO2. The summed E-state index contributed by atoms with van der Waals surface area (Å²) in [6, 6.07) is 0. The Morgan fingerprint density at radius 3 is 2.76 bits per heavy atom. The monoisotopic (exact) mass is 303 g/mol. The van der Waals surface area contributed by atoms with Crippen molar-refractivity contribution in [1.82, 2.24) is 5.32 Å². The lowest BCUT2D eigenvalue weighted by atomic mass is 9.94. The third kappa shape index (κ3) is 2.84. The van der Waals surface area contributed by atoms with Gasteiger partial charge in [0.15, 0.2) is 0 Å². The van der Waals surface area contributed by atoms with Crippen LogP contribution < -0.4 is 5.32 Å². The van der Waals surface area contributed by atoms with E-state index in [1.807, 2.05) is 0 Å². The van der Waals surface area contributed by atoms with Crippen molar-refractivity contribution in [3.8, 4) is 0 Å². The topological polar surface area (TPSA) is 38.3 Å². The molecule has 1 saturated carbocycles. The van der Waals surface area contributed by atoms with Crippen molar-refractivity contribution in [2.45, 2.75) is 57.1 Å².